The van der Waals surface area contributed by atoms with Crippen molar-refractivity contribution in [3.63, 3.8) is 0 Å². The van der Waals surface area contributed by atoms with E-state index in [0.717, 1.165) is 15.6 Å². The number of nitrogens with one attached hydrogen (secondary N) is 1. The minimum Gasteiger partial charge on any atom is -0.465 e. The second-order valence-electron chi connectivity index (χ2n) is 5.83. The lowest BCUT2D eigenvalue weighted by molar-refractivity contribution is -0.142. The van der Waals surface area contributed by atoms with Crippen molar-refractivity contribution < 1.29 is 9.53 Å². The number of esters is 1. The number of ether oxygens (including phenoxy) is 1. The van der Waals surface area contributed by atoms with E-state index in [2.05, 4.69) is 36.5 Å². The topological polar surface area (TPSA) is 81.9 Å². The quantitative estimate of drug-likeness (QED) is 0.615. The molecular formula is C18H16BrN5O2S. The molecule has 1 aliphatic heterocycles. The van der Waals surface area contributed by atoms with E-state index in [1.165, 1.54) is 11.8 Å². The number of rotatable bonds is 4. The van der Waals surface area contributed by atoms with Crippen molar-refractivity contribution in [1.29, 1.82) is 0 Å². The third-order valence-corrected chi connectivity index (χ3v) is 5.79. The molecule has 0 unspecified atom stereocenters. The summed E-state index contributed by atoms with van der Waals surface area (Å²) in [5.41, 5.74) is 5.26. The summed E-state index contributed by atoms with van der Waals surface area (Å²) in [5.74, 6) is 0.391. The zero-order valence-corrected chi connectivity index (χ0v) is 16.8. The van der Waals surface area contributed by atoms with Gasteiger partial charge in [-0.2, -0.15) is 0 Å². The van der Waals surface area contributed by atoms with Gasteiger partial charge in [0.25, 0.3) is 0 Å². The van der Waals surface area contributed by atoms with Crippen LogP contribution in [0.4, 0.5) is 0 Å². The van der Waals surface area contributed by atoms with E-state index in [1.807, 2.05) is 41.1 Å². The second kappa shape index (κ2) is 7.69. The third kappa shape index (κ3) is 3.57. The van der Waals surface area contributed by atoms with Gasteiger partial charge in [-0.15, -0.1) is 10.2 Å². The highest BCUT2D eigenvalue weighted by Gasteiger charge is 2.39. The van der Waals surface area contributed by atoms with Crippen molar-refractivity contribution >= 4 is 33.7 Å². The number of halogens is 1. The SMILES string of the molecule is CCOC(=O)[C@@H]1Sc2nnc(-c3ccncc3)n2N[C@@H]1c1cccc(Br)c1. The zero-order valence-electron chi connectivity index (χ0n) is 14.4. The number of hydrogen-bond acceptors (Lipinski definition) is 7. The van der Waals surface area contributed by atoms with Gasteiger partial charge >= 0.3 is 5.97 Å². The number of pyridine rings is 1. The van der Waals surface area contributed by atoms with Crippen LogP contribution < -0.4 is 5.43 Å². The zero-order chi connectivity index (χ0) is 18.8. The lowest BCUT2D eigenvalue weighted by atomic mass is 10.0. The Labute approximate surface area is 168 Å². The van der Waals surface area contributed by atoms with Crippen LogP contribution in [0.25, 0.3) is 11.4 Å². The van der Waals surface area contributed by atoms with Crippen LogP contribution >= 0.6 is 27.7 Å². The van der Waals surface area contributed by atoms with Crippen molar-refractivity contribution in [2.75, 3.05) is 12.0 Å². The Morgan fingerprint density at radius 1 is 1.30 bits per heavy atom. The van der Waals surface area contributed by atoms with E-state index in [4.69, 9.17) is 4.74 Å². The molecule has 1 aromatic carbocycles. The molecule has 0 aliphatic carbocycles. The van der Waals surface area contributed by atoms with E-state index in [-0.39, 0.29) is 12.0 Å². The summed E-state index contributed by atoms with van der Waals surface area (Å²) in [6, 6.07) is 11.3. The Morgan fingerprint density at radius 3 is 2.85 bits per heavy atom. The van der Waals surface area contributed by atoms with Gasteiger partial charge in [-0.1, -0.05) is 39.8 Å². The number of thioether (sulfide) groups is 1. The van der Waals surface area contributed by atoms with E-state index in [1.54, 1.807) is 19.3 Å². The molecule has 0 spiro atoms. The van der Waals surface area contributed by atoms with E-state index >= 15 is 0 Å². The monoisotopic (exact) mass is 445 g/mol. The molecule has 7 nitrogen and oxygen atoms in total. The van der Waals surface area contributed by atoms with Gasteiger partial charge in [-0.25, -0.2) is 4.68 Å². The van der Waals surface area contributed by atoms with Crippen LogP contribution in [-0.4, -0.2) is 37.7 Å². The first kappa shape index (κ1) is 18.0. The maximum absolute atomic E-state index is 12.6. The summed E-state index contributed by atoms with van der Waals surface area (Å²) in [5, 5.41) is 8.69. The number of benzene rings is 1. The standard InChI is InChI=1S/C18H16BrN5O2S/c1-2-26-17(25)15-14(12-4-3-5-13(19)10-12)23-24-16(21-22-18(24)27-15)11-6-8-20-9-7-11/h3-10,14-15,23H,2H2,1H3/t14-,15-/m1/s1. The van der Waals surface area contributed by atoms with Crippen molar-refractivity contribution in [3.8, 4) is 11.4 Å². The van der Waals surface area contributed by atoms with Gasteiger partial charge in [0.15, 0.2) is 5.82 Å². The maximum atomic E-state index is 12.6. The molecule has 0 radical (unpaired) electrons. The third-order valence-electron chi connectivity index (χ3n) is 4.10. The average molecular weight is 446 g/mol. The molecule has 138 valence electrons. The Hall–Kier alpha value is -2.39. The fourth-order valence-corrected chi connectivity index (χ4v) is 4.39. The predicted molar refractivity (Wildman–Crippen MR) is 106 cm³/mol. The summed E-state index contributed by atoms with van der Waals surface area (Å²) in [6.07, 6.45) is 3.42. The molecule has 3 heterocycles. The first-order valence-electron chi connectivity index (χ1n) is 8.38. The van der Waals surface area contributed by atoms with Gasteiger partial charge in [-0.3, -0.25) is 9.78 Å². The molecule has 1 N–H and O–H groups in total. The van der Waals surface area contributed by atoms with Gasteiger partial charge in [0.05, 0.1) is 12.6 Å². The molecule has 4 rings (SSSR count). The fraction of sp³-hybridized carbons (Fsp3) is 0.222. The summed E-state index contributed by atoms with van der Waals surface area (Å²) < 4.78 is 8.06. The molecule has 0 saturated carbocycles. The summed E-state index contributed by atoms with van der Waals surface area (Å²) in [4.78, 5) is 16.6. The van der Waals surface area contributed by atoms with Crippen molar-refractivity contribution in [2.24, 2.45) is 0 Å². The lowest BCUT2D eigenvalue weighted by Gasteiger charge is -2.32. The van der Waals surface area contributed by atoms with Gasteiger partial charge in [0.1, 0.15) is 5.25 Å². The number of aromatic nitrogens is 4. The number of carbonyl (C=O) groups is 1. The minimum absolute atomic E-state index is 0.278. The van der Waals surface area contributed by atoms with Gasteiger partial charge in [-0.05, 0) is 36.8 Å². The highest BCUT2D eigenvalue weighted by molar-refractivity contribution is 9.10. The Bertz CT molecular complexity index is 965. The summed E-state index contributed by atoms with van der Waals surface area (Å²) in [7, 11) is 0. The number of fused-ring (bicyclic) bond motifs is 1. The lowest BCUT2D eigenvalue weighted by Crippen LogP contribution is -2.39. The first-order chi connectivity index (χ1) is 13.2. The molecular weight excluding hydrogens is 430 g/mol. The Balaban J connectivity index is 1.76. The summed E-state index contributed by atoms with van der Waals surface area (Å²) >= 11 is 4.85. The van der Waals surface area contributed by atoms with Crippen LogP contribution in [-0.2, 0) is 9.53 Å². The maximum Gasteiger partial charge on any atom is 0.322 e. The van der Waals surface area contributed by atoms with E-state index < -0.39 is 5.25 Å². The largest absolute Gasteiger partial charge is 0.465 e. The number of hydrogen-bond donors (Lipinski definition) is 1. The molecule has 2 atom stereocenters. The first-order valence-corrected chi connectivity index (χ1v) is 10.1. The van der Waals surface area contributed by atoms with Gasteiger partial charge < -0.3 is 10.2 Å². The molecule has 27 heavy (non-hydrogen) atoms. The van der Waals surface area contributed by atoms with Crippen LogP contribution in [0.3, 0.4) is 0 Å². The Morgan fingerprint density at radius 2 is 2.11 bits per heavy atom. The normalized spacial score (nSPS) is 18.4. The van der Waals surface area contributed by atoms with Crippen molar-refractivity contribution in [1.82, 2.24) is 19.9 Å². The van der Waals surface area contributed by atoms with Crippen LogP contribution in [0.15, 0.2) is 58.4 Å². The van der Waals surface area contributed by atoms with Crippen LogP contribution in [0, 0.1) is 0 Å². The molecule has 0 amide bonds. The molecule has 1 aliphatic rings. The molecule has 9 heteroatoms. The fourth-order valence-electron chi connectivity index (χ4n) is 2.90. The van der Waals surface area contributed by atoms with Crippen LogP contribution in [0.2, 0.25) is 0 Å². The van der Waals surface area contributed by atoms with Gasteiger partial charge in [0, 0.05) is 22.4 Å². The Kier molecular flexibility index (Phi) is 5.13. The van der Waals surface area contributed by atoms with Crippen molar-refractivity contribution in [3.05, 3.63) is 58.8 Å². The average Bonchev–Trinajstić information content (AvgIpc) is 3.11. The van der Waals surface area contributed by atoms with E-state index in [0.29, 0.717) is 17.6 Å². The molecule has 3 aromatic rings. The van der Waals surface area contributed by atoms with E-state index in [9.17, 15) is 4.79 Å². The number of nitrogens with zero attached hydrogens (tertiary/aromatic N) is 4. The van der Waals surface area contributed by atoms with Crippen molar-refractivity contribution in [2.45, 2.75) is 23.4 Å². The second-order valence-corrected chi connectivity index (χ2v) is 7.85. The highest BCUT2D eigenvalue weighted by atomic mass is 79.9. The molecule has 2 aromatic heterocycles. The van der Waals surface area contributed by atoms with Crippen LogP contribution in [0.5, 0.6) is 0 Å². The molecule has 0 bridgehead atoms. The van der Waals surface area contributed by atoms with Gasteiger partial charge in [0.2, 0.25) is 5.16 Å². The minimum atomic E-state index is -0.471. The summed E-state index contributed by atoms with van der Waals surface area (Å²) in [6.45, 7) is 2.13. The highest BCUT2D eigenvalue weighted by Crippen LogP contribution is 2.39. The smallest absolute Gasteiger partial charge is 0.322 e. The number of carbonyl (C=O) groups excluding carboxylic acids is 1. The predicted octanol–water partition coefficient (Wildman–Crippen LogP) is 3.42. The van der Waals surface area contributed by atoms with Crippen LogP contribution in [0.1, 0.15) is 18.5 Å². The molecule has 0 saturated heterocycles. The molecule has 0 fully saturated rings.